The van der Waals surface area contributed by atoms with Gasteiger partial charge in [0.15, 0.2) is 11.6 Å². The molecular formula is C19H25N5O2. The van der Waals surface area contributed by atoms with Crippen LogP contribution >= 0.6 is 0 Å². The summed E-state index contributed by atoms with van der Waals surface area (Å²) in [7, 11) is 1.62. The molecule has 0 saturated heterocycles. The Bertz CT molecular complexity index is 884. The van der Waals surface area contributed by atoms with Gasteiger partial charge in [0, 0.05) is 18.4 Å². The van der Waals surface area contributed by atoms with E-state index in [4.69, 9.17) is 4.74 Å². The number of aromatic nitrogens is 5. The zero-order valence-corrected chi connectivity index (χ0v) is 15.7. The monoisotopic (exact) mass is 355 g/mol. The van der Waals surface area contributed by atoms with E-state index < -0.39 is 6.10 Å². The third kappa shape index (κ3) is 3.84. The van der Waals surface area contributed by atoms with E-state index in [9.17, 15) is 5.11 Å². The third-order valence-electron chi connectivity index (χ3n) is 4.20. The summed E-state index contributed by atoms with van der Waals surface area (Å²) in [6.45, 7) is 6.68. The summed E-state index contributed by atoms with van der Waals surface area (Å²) in [5, 5.41) is 19.1. The van der Waals surface area contributed by atoms with Crippen molar-refractivity contribution in [3.63, 3.8) is 0 Å². The lowest BCUT2D eigenvalue weighted by molar-refractivity contribution is 0.144. The molecule has 7 nitrogen and oxygen atoms in total. The van der Waals surface area contributed by atoms with Crippen molar-refractivity contribution in [2.24, 2.45) is 0 Å². The fraction of sp³-hybridized carbons (Fsp3) is 0.421. The lowest BCUT2D eigenvalue weighted by atomic mass is 10.2. The minimum atomic E-state index is -0.468. The number of benzene rings is 1. The minimum absolute atomic E-state index is 0.333. The van der Waals surface area contributed by atoms with Crippen LogP contribution in [-0.2, 0) is 17.9 Å². The van der Waals surface area contributed by atoms with Gasteiger partial charge in [0.25, 0.3) is 0 Å². The summed E-state index contributed by atoms with van der Waals surface area (Å²) in [5.74, 6) is 1.32. The van der Waals surface area contributed by atoms with Crippen molar-refractivity contribution < 1.29 is 9.84 Å². The van der Waals surface area contributed by atoms with Gasteiger partial charge in [-0.05, 0) is 38.5 Å². The average molecular weight is 355 g/mol. The van der Waals surface area contributed by atoms with Crippen molar-refractivity contribution in [1.82, 2.24) is 24.5 Å². The molecule has 26 heavy (non-hydrogen) atoms. The maximum Gasteiger partial charge on any atom is 0.176 e. The SMILES string of the molecule is CCC(O)Cn1nc(COC)nc1-c1cccc(-n2nc(C)cc2C)c1. The molecule has 1 aromatic carbocycles. The highest BCUT2D eigenvalue weighted by Crippen LogP contribution is 2.22. The minimum Gasteiger partial charge on any atom is -0.391 e. The van der Waals surface area contributed by atoms with Crippen molar-refractivity contribution in [3.8, 4) is 17.1 Å². The molecule has 2 heterocycles. The first-order valence-corrected chi connectivity index (χ1v) is 8.76. The van der Waals surface area contributed by atoms with Crippen LogP contribution in [0.5, 0.6) is 0 Å². The Morgan fingerprint density at radius 3 is 2.65 bits per heavy atom. The summed E-state index contributed by atoms with van der Waals surface area (Å²) < 4.78 is 8.83. The van der Waals surface area contributed by atoms with E-state index in [0.29, 0.717) is 31.2 Å². The van der Waals surface area contributed by atoms with E-state index in [2.05, 4.69) is 15.2 Å². The predicted octanol–water partition coefficient (Wildman–Crippen LogP) is 2.66. The first-order chi connectivity index (χ1) is 12.5. The van der Waals surface area contributed by atoms with Crippen molar-refractivity contribution >= 4 is 0 Å². The highest BCUT2D eigenvalue weighted by atomic mass is 16.5. The molecule has 0 radical (unpaired) electrons. The normalized spacial score (nSPS) is 12.5. The summed E-state index contributed by atoms with van der Waals surface area (Å²) >= 11 is 0. The fourth-order valence-corrected chi connectivity index (χ4v) is 2.92. The Labute approximate surface area is 153 Å². The Morgan fingerprint density at radius 2 is 2.00 bits per heavy atom. The highest BCUT2D eigenvalue weighted by Gasteiger charge is 2.15. The topological polar surface area (TPSA) is 78.0 Å². The molecule has 0 saturated carbocycles. The number of hydrogen-bond acceptors (Lipinski definition) is 5. The van der Waals surface area contributed by atoms with Crippen LogP contribution in [0.4, 0.5) is 0 Å². The molecule has 0 aliphatic carbocycles. The van der Waals surface area contributed by atoms with Gasteiger partial charge in [0.1, 0.15) is 6.61 Å². The number of aryl methyl sites for hydroxylation is 2. The Kier molecular flexibility index (Phi) is 5.49. The number of rotatable bonds is 7. The summed E-state index contributed by atoms with van der Waals surface area (Å²) in [4.78, 5) is 4.61. The van der Waals surface area contributed by atoms with Crippen LogP contribution in [0, 0.1) is 13.8 Å². The van der Waals surface area contributed by atoms with Gasteiger partial charge >= 0.3 is 0 Å². The molecule has 0 amide bonds. The van der Waals surface area contributed by atoms with Crippen molar-refractivity contribution in [2.45, 2.75) is 46.4 Å². The molecule has 0 aliphatic heterocycles. The predicted molar refractivity (Wildman–Crippen MR) is 99.1 cm³/mol. The number of nitrogens with zero attached hydrogens (tertiary/aromatic N) is 5. The van der Waals surface area contributed by atoms with Crippen LogP contribution in [0.2, 0.25) is 0 Å². The number of methoxy groups -OCH3 is 1. The molecular weight excluding hydrogens is 330 g/mol. The lowest BCUT2D eigenvalue weighted by Crippen LogP contribution is -2.17. The molecule has 0 aliphatic rings. The zero-order valence-electron chi connectivity index (χ0n) is 15.7. The summed E-state index contributed by atoms with van der Waals surface area (Å²) in [6.07, 6.45) is 0.190. The van der Waals surface area contributed by atoms with Crippen LogP contribution in [0.25, 0.3) is 17.1 Å². The number of ether oxygens (including phenoxy) is 1. The first-order valence-electron chi connectivity index (χ1n) is 8.76. The van der Waals surface area contributed by atoms with Gasteiger partial charge in [-0.25, -0.2) is 14.3 Å². The van der Waals surface area contributed by atoms with Gasteiger partial charge in [-0.2, -0.15) is 10.2 Å². The molecule has 3 aromatic rings. The maximum absolute atomic E-state index is 10.1. The first kappa shape index (κ1) is 18.3. The van der Waals surface area contributed by atoms with Gasteiger partial charge in [0.05, 0.1) is 24.0 Å². The Morgan fingerprint density at radius 1 is 1.19 bits per heavy atom. The molecule has 1 N–H and O–H groups in total. The van der Waals surface area contributed by atoms with Gasteiger partial charge in [0.2, 0.25) is 0 Å². The second-order valence-electron chi connectivity index (χ2n) is 6.42. The number of aliphatic hydroxyl groups is 1. The smallest absolute Gasteiger partial charge is 0.176 e. The molecule has 138 valence electrons. The molecule has 0 fully saturated rings. The number of aliphatic hydroxyl groups excluding tert-OH is 1. The van der Waals surface area contributed by atoms with Crippen LogP contribution in [0.15, 0.2) is 30.3 Å². The molecule has 2 aromatic heterocycles. The highest BCUT2D eigenvalue weighted by molar-refractivity contribution is 5.59. The zero-order chi connectivity index (χ0) is 18.7. The second kappa shape index (κ2) is 7.80. The van der Waals surface area contributed by atoms with Gasteiger partial charge in [-0.15, -0.1) is 0 Å². The lowest BCUT2D eigenvalue weighted by Gasteiger charge is -2.11. The van der Waals surface area contributed by atoms with Crippen LogP contribution in [0.1, 0.15) is 30.6 Å². The van der Waals surface area contributed by atoms with Crippen molar-refractivity contribution in [1.29, 1.82) is 0 Å². The molecule has 1 unspecified atom stereocenters. The molecule has 0 spiro atoms. The summed E-state index contributed by atoms with van der Waals surface area (Å²) in [5.41, 5.74) is 3.94. The quantitative estimate of drug-likeness (QED) is 0.705. The van der Waals surface area contributed by atoms with Crippen molar-refractivity contribution in [2.75, 3.05) is 7.11 Å². The third-order valence-corrected chi connectivity index (χ3v) is 4.20. The molecule has 3 rings (SSSR count). The summed E-state index contributed by atoms with van der Waals surface area (Å²) in [6, 6.07) is 10.1. The van der Waals surface area contributed by atoms with Gasteiger partial charge in [-0.1, -0.05) is 19.1 Å². The molecule has 7 heteroatoms. The Balaban J connectivity index is 2.02. The van der Waals surface area contributed by atoms with E-state index in [-0.39, 0.29) is 0 Å². The standard InChI is InChI=1S/C19H25N5O2/c1-5-17(25)11-23-19(20-18(22-23)12-26-4)15-7-6-8-16(10-15)24-14(3)9-13(2)21-24/h6-10,17,25H,5,11-12H2,1-4H3. The molecule has 0 bridgehead atoms. The van der Waals surface area contributed by atoms with Gasteiger partial charge < -0.3 is 9.84 Å². The number of hydrogen-bond donors (Lipinski definition) is 1. The molecule has 1 atom stereocenters. The van der Waals surface area contributed by atoms with E-state index in [1.54, 1.807) is 11.8 Å². The fourth-order valence-electron chi connectivity index (χ4n) is 2.92. The van der Waals surface area contributed by atoms with E-state index >= 15 is 0 Å². The Hall–Kier alpha value is -2.51. The van der Waals surface area contributed by atoms with Gasteiger partial charge in [-0.3, -0.25) is 0 Å². The van der Waals surface area contributed by atoms with Crippen LogP contribution in [0.3, 0.4) is 0 Å². The largest absolute Gasteiger partial charge is 0.391 e. The van der Waals surface area contributed by atoms with E-state index in [1.165, 1.54) is 0 Å². The maximum atomic E-state index is 10.1. The average Bonchev–Trinajstić information content (AvgIpc) is 3.17. The van der Waals surface area contributed by atoms with Crippen LogP contribution < -0.4 is 0 Å². The van der Waals surface area contributed by atoms with E-state index in [1.807, 2.05) is 55.8 Å². The van der Waals surface area contributed by atoms with Crippen LogP contribution in [-0.4, -0.2) is 42.9 Å². The van der Waals surface area contributed by atoms with E-state index in [0.717, 1.165) is 22.6 Å². The van der Waals surface area contributed by atoms with Crippen molar-refractivity contribution in [3.05, 3.63) is 47.5 Å². The second-order valence-corrected chi connectivity index (χ2v) is 6.42.